The zero-order valence-electron chi connectivity index (χ0n) is 11.2. The molecule has 0 aliphatic heterocycles. The van der Waals surface area contributed by atoms with Crippen molar-refractivity contribution in [1.29, 1.82) is 0 Å². The normalized spacial score (nSPS) is 10.2. The van der Waals surface area contributed by atoms with Gasteiger partial charge in [-0.2, -0.15) is 5.10 Å². The number of halogens is 1. The van der Waals surface area contributed by atoms with Crippen molar-refractivity contribution in [3.05, 3.63) is 41.9 Å². The molecule has 0 saturated heterocycles. The molecule has 110 valence electrons. The predicted molar refractivity (Wildman–Crippen MR) is 71.7 cm³/mol. The number of ether oxygens (including phenoxy) is 1. The van der Waals surface area contributed by atoms with Gasteiger partial charge in [-0.25, -0.2) is 14.2 Å². The highest BCUT2D eigenvalue weighted by molar-refractivity contribution is 6.03. The number of pyridine rings is 1. The molecule has 0 aliphatic carbocycles. The summed E-state index contributed by atoms with van der Waals surface area (Å²) in [5.41, 5.74) is 0.358. The van der Waals surface area contributed by atoms with Gasteiger partial charge >= 0.3 is 5.97 Å². The van der Waals surface area contributed by atoms with Crippen molar-refractivity contribution in [1.82, 2.24) is 14.8 Å². The monoisotopic (exact) mass is 292 g/mol. The summed E-state index contributed by atoms with van der Waals surface area (Å²) in [6, 6.07) is 4.58. The fraction of sp³-hybridized carbons (Fsp3) is 0.231. The molecule has 2 aromatic heterocycles. The van der Waals surface area contributed by atoms with Crippen LogP contribution in [-0.4, -0.2) is 40.4 Å². The first-order valence-corrected chi connectivity index (χ1v) is 6.09. The summed E-state index contributed by atoms with van der Waals surface area (Å²) in [4.78, 5) is 27.3. The smallest absolute Gasteiger partial charge is 0.356 e. The van der Waals surface area contributed by atoms with E-state index < -0.39 is 18.6 Å². The minimum Gasteiger partial charge on any atom is -0.464 e. The van der Waals surface area contributed by atoms with Crippen LogP contribution in [0.3, 0.4) is 0 Å². The van der Waals surface area contributed by atoms with E-state index in [4.69, 9.17) is 0 Å². The number of carbonyl (C=O) groups excluding carboxylic acids is 2. The van der Waals surface area contributed by atoms with Gasteiger partial charge in [-0.05, 0) is 12.1 Å². The summed E-state index contributed by atoms with van der Waals surface area (Å²) >= 11 is 0. The molecule has 2 heterocycles. The number of aromatic nitrogens is 3. The largest absolute Gasteiger partial charge is 0.464 e. The Morgan fingerprint density at radius 1 is 1.43 bits per heavy atom. The third-order valence-electron chi connectivity index (χ3n) is 2.59. The lowest BCUT2D eigenvalue weighted by atomic mass is 10.3. The SMILES string of the molecule is COC(=O)c1cccc(NC(=O)c2cnn(CCF)c2)n1. The third-order valence-corrected chi connectivity index (χ3v) is 2.59. The van der Waals surface area contributed by atoms with E-state index in [0.29, 0.717) is 0 Å². The molecule has 7 nitrogen and oxygen atoms in total. The number of hydrogen-bond acceptors (Lipinski definition) is 5. The Labute approximate surface area is 119 Å². The highest BCUT2D eigenvalue weighted by atomic mass is 19.1. The van der Waals surface area contributed by atoms with Gasteiger partial charge in [0.05, 0.1) is 25.4 Å². The number of aryl methyl sites for hydroxylation is 1. The van der Waals surface area contributed by atoms with Gasteiger partial charge in [0, 0.05) is 6.20 Å². The molecule has 8 heteroatoms. The van der Waals surface area contributed by atoms with Crippen LogP contribution in [0.5, 0.6) is 0 Å². The first-order chi connectivity index (χ1) is 10.1. The molecule has 2 aromatic rings. The summed E-state index contributed by atoms with van der Waals surface area (Å²) in [6.07, 6.45) is 2.76. The Kier molecular flexibility index (Phi) is 4.60. The van der Waals surface area contributed by atoms with Crippen LogP contribution in [-0.2, 0) is 11.3 Å². The summed E-state index contributed by atoms with van der Waals surface area (Å²) < 4.78 is 18.0. The number of alkyl halides is 1. The summed E-state index contributed by atoms with van der Waals surface area (Å²) in [5.74, 6) is -0.836. The maximum atomic E-state index is 12.2. The average Bonchev–Trinajstić information content (AvgIpc) is 2.96. The number of hydrogen-bond donors (Lipinski definition) is 1. The van der Waals surface area contributed by atoms with Gasteiger partial charge in [-0.15, -0.1) is 0 Å². The molecule has 0 bridgehead atoms. The van der Waals surface area contributed by atoms with E-state index in [1.54, 1.807) is 6.07 Å². The minimum absolute atomic E-state index is 0.0865. The molecule has 1 N–H and O–H groups in total. The van der Waals surface area contributed by atoms with E-state index in [-0.39, 0.29) is 23.6 Å². The van der Waals surface area contributed by atoms with Crippen LogP contribution in [0.15, 0.2) is 30.6 Å². The molecule has 0 radical (unpaired) electrons. The quantitative estimate of drug-likeness (QED) is 0.839. The maximum Gasteiger partial charge on any atom is 0.356 e. The second-order valence-corrected chi connectivity index (χ2v) is 4.03. The molecular formula is C13H13FN4O3. The standard InChI is InChI=1S/C13H13FN4O3/c1-21-13(20)10-3-2-4-11(16-10)17-12(19)9-7-15-18(8-9)6-5-14/h2-4,7-8H,5-6H2,1H3,(H,16,17,19). The number of nitrogens with one attached hydrogen (secondary N) is 1. The van der Waals surface area contributed by atoms with Crippen molar-refractivity contribution in [3.63, 3.8) is 0 Å². The average molecular weight is 292 g/mol. The second kappa shape index (κ2) is 6.60. The van der Waals surface area contributed by atoms with Crippen molar-refractivity contribution >= 4 is 17.7 Å². The highest BCUT2D eigenvalue weighted by Gasteiger charge is 2.12. The molecule has 0 fully saturated rings. The van der Waals surface area contributed by atoms with Crippen molar-refractivity contribution in [3.8, 4) is 0 Å². The Morgan fingerprint density at radius 3 is 2.95 bits per heavy atom. The minimum atomic E-state index is -0.595. The van der Waals surface area contributed by atoms with Gasteiger partial charge in [0.1, 0.15) is 12.5 Å². The molecule has 0 spiro atoms. The van der Waals surface area contributed by atoms with Gasteiger partial charge in [0.2, 0.25) is 0 Å². The number of anilines is 1. The molecule has 0 aromatic carbocycles. The molecular weight excluding hydrogens is 279 g/mol. The fourth-order valence-corrected chi connectivity index (χ4v) is 1.60. The molecule has 21 heavy (non-hydrogen) atoms. The Hall–Kier alpha value is -2.77. The molecule has 2 rings (SSSR count). The van der Waals surface area contributed by atoms with E-state index in [9.17, 15) is 14.0 Å². The number of amides is 1. The molecule has 0 unspecified atom stereocenters. The van der Waals surface area contributed by atoms with Crippen LogP contribution in [0.2, 0.25) is 0 Å². The Balaban J connectivity index is 2.09. The van der Waals surface area contributed by atoms with Crippen LogP contribution in [0, 0.1) is 0 Å². The lowest BCUT2D eigenvalue weighted by Crippen LogP contribution is -2.14. The van der Waals surface area contributed by atoms with E-state index in [1.165, 1.54) is 36.3 Å². The van der Waals surface area contributed by atoms with E-state index in [1.807, 2.05) is 0 Å². The van der Waals surface area contributed by atoms with Crippen LogP contribution in [0.1, 0.15) is 20.8 Å². The number of rotatable bonds is 5. The zero-order valence-corrected chi connectivity index (χ0v) is 11.2. The van der Waals surface area contributed by atoms with E-state index in [2.05, 4.69) is 20.1 Å². The van der Waals surface area contributed by atoms with Gasteiger partial charge < -0.3 is 10.1 Å². The lowest BCUT2D eigenvalue weighted by molar-refractivity contribution is 0.0594. The fourth-order valence-electron chi connectivity index (χ4n) is 1.60. The summed E-state index contributed by atoms with van der Waals surface area (Å²) in [5, 5.41) is 6.38. The highest BCUT2D eigenvalue weighted by Crippen LogP contribution is 2.08. The number of esters is 1. The number of nitrogens with zero attached hydrogens (tertiary/aromatic N) is 3. The van der Waals surface area contributed by atoms with Gasteiger partial charge in [0.15, 0.2) is 5.69 Å². The maximum absolute atomic E-state index is 12.2. The van der Waals surface area contributed by atoms with Gasteiger partial charge in [-0.3, -0.25) is 9.48 Å². The molecule has 0 atom stereocenters. The Bertz CT molecular complexity index is 656. The van der Waals surface area contributed by atoms with Crippen molar-refractivity contribution in [2.24, 2.45) is 0 Å². The second-order valence-electron chi connectivity index (χ2n) is 4.03. The van der Waals surface area contributed by atoms with Gasteiger partial charge in [-0.1, -0.05) is 6.07 Å². The summed E-state index contributed by atoms with van der Waals surface area (Å²) in [6.45, 7) is -0.477. The first kappa shape index (κ1) is 14.6. The van der Waals surface area contributed by atoms with Crippen LogP contribution < -0.4 is 5.32 Å². The van der Waals surface area contributed by atoms with Crippen molar-refractivity contribution < 1.29 is 18.7 Å². The molecule has 0 saturated carbocycles. The molecule has 0 aliphatic rings. The van der Waals surface area contributed by atoms with Crippen molar-refractivity contribution in [2.45, 2.75) is 6.54 Å². The van der Waals surface area contributed by atoms with E-state index in [0.717, 1.165) is 0 Å². The number of carbonyl (C=O) groups is 2. The van der Waals surface area contributed by atoms with Crippen LogP contribution in [0.4, 0.5) is 10.2 Å². The molecule has 1 amide bonds. The van der Waals surface area contributed by atoms with Crippen molar-refractivity contribution in [2.75, 3.05) is 19.1 Å². The first-order valence-electron chi connectivity index (χ1n) is 6.09. The third kappa shape index (κ3) is 3.62. The Morgan fingerprint density at radius 2 is 2.24 bits per heavy atom. The topological polar surface area (TPSA) is 86.1 Å². The van der Waals surface area contributed by atoms with Crippen LogP contribution in [0.25, 0.3) is 0 Å². The summed E-state index contributed by atoms with van der Waals surface area (Å²) in [7, 11) is 1.24. The zero-order chi connectivity index (χ0) is 15.2. The van der Waals surface area contributed by atoms with Gasteiger partial charge in [0.25, 0.3) is 5.91 Å². The predicted octanol–water partition coefficient (Wildman–Crippen LogP) is 1.29. The number of methoxy groups -OCH3 is 1. The van der Waals surface area contributed by atoms with Crippen LogP contribution >= 0.6 is 0 Å². The lowest BCUT2D eigenvalue weighted by Gasteiger charge is -2.04. The van der Waals surface area contributed by atoms with E-state index >= 15 is 0 Å².